The average molecular weight is 272 g/mol. The fourth-order valence-electron chi connectivity index (χ4n) is 1.52. The first-order valence-corrected chi connectivity index (χ1v) is 7.50. The second-order valence-electron chi connectivity index (χ2n) is 3.62. The first kappa shape index (κ1) is 14.9. The van der Waals surface area contributed by atoms with Gasteiger partial charge in [-0.1, -0.05) is 19.1 Å². The highest BCUT2D eigenvalue weighted by atomic mass is 32.2. The van der Waals surface area contributed by atoms with Crippen LogP contribution in [0.4, 0.5) is 5.69 Å². The number of hydrogen-bond donors (Lipinski definition) is 2. The van der Waals surface area contributed by atoms with Gasteiger partial charge in [-0.3, -0.25) is 0 Å². The van der Waals surface area contributed by atoms with Gasteiger partial charge in [-0.15, -0.1) is 0 Å². The lowest BCUT2D eigenvalue weighted by Crippen LogP contribution is -2.24. The van der Waals surface area contributed by atoms with Crippen molar-refractivity contribution in [3.8, 4) is 0 Å². The van der Waals surface area contributed by atoms with Crippen LogP contribution in [-0.4, -0.2) is 34.7 Å². The Kier molecular flexibility index (Phi) is 6.11. The number of para-hydroxylation sites is 1. The van der Waals surface area contributed by atoms with E-state index in [0.29, 0.717) is 32.0 Å². The molecule has 0 aliphatic rings. The van der Waals surface area contributed by atoms with E-state index in [1.54, 1.807) is 31.2 Å². The van der Waals surface area contributed by atoms with Crippen molar-refractivity contribution >= 4 is 15.7 Å². The van der Waals surface area contributed by atoms with Crippen molar-refractivity contribution in [1.82, 2.24) is 4.72 Å². The molecule has 0 radical (unpaired) electrons. The third-order valence-electron chi connectivity index (χ3n) is 2.28. The summed E-state index contributed by atoms with van der Waals surface area (Å²) in [5.41, 5.74) is 0.596. The quantitative estimate of drug-likeness (QED) is 0.703. The van der Waals surface area contributed by atoms with Crippen LogP contribution in [0.1, 0.15) is 13.8 Å². The topological polar surface area (TPSA) is 67.4 Å². The summed E-state index contributed by atoms with van der Waals surface area (Å²) in [6.07, 6.45) is 0. The molecule has 1 aromatic carbocycles. The third kappa shape index (κ3) is 4.29. The Bertz CT molecular complexity index is 460. The molecule has 1 aromatic rings. The Morgan fingerprint density at radius 2 is 1.94 bits per heavy atom. The monoisotopic (exact) mass is 272 g/mol. The Morgan fingerprint density at radius 3 is 2.61 bits per heavy atom. The van der Waals surface area contributed by atoms with E-state index in [0.717, 1.165) is 0 Å². The smallest absolute Gasteiger partial charge is 0.242 e. The van der Waals surface area contributed by atoms with Crippen molar-refractivity contribution in [3.63, 3.8) is 0 Å². The Labute approximate surface area is 109 Å². The fraction of sp³-hybridized carbons (Fsp3) is 0.500. The third-order valence-corrected chi connectivity index (χ3v) is 3.88. The van der Waals surface area contributed by atoms with E-state index in [1.807, 2.05) is 6.92 Å². The zero-order valence-corrected chi connectivity index (χ0v) is 11.6. The van der Waals surface area contributed by atoms with Crippen molar-refractivity contribution in [2.24, 2.45) is 0 Å². The molecule has 1 rings (SSSR count). The summed E-state index contributed by atoms with van der Waals surface area (Å²) >= 11 is 0. The summed E-state index contributed by atoms with van der Waals surface area (Å²) in [4.78, 5) is 0.267. The van der Waals surface area contributed by atoms with Gasteiger partial charge >= 0.3 is 0 Å². The first-order chi connectivity index (χ1) is 8.61. The van der Waals surface area contributed by atoms with Crippen LogP contribution in [0, 0.1) is 0 Å². The van der Waals surface area contributed by atoms with Gasteiger partial charge in [0.15, 0.2) is 0 Å². The molecule has 0 aliphatic carbocycles. The second kappa shape index (κ2) is 7.35. The van der Waals surface area contributed by atoms with Crippen LogP contribution >= 0.6 is 0 Å². The molecule has 18 heavy (non-hydrogen) atoms. The highest BCUT2D eigenvalue weighted by molar-refractivity contribution is 7.89. The predicted octanol–water partition coefficient (Wildman–Crippen LogP) is 1.43. The van der Waals surface area contributed by atoms with Crippen LogP contribution in [-0.2, 0) is 14.8 Å². The van der Waals surface area contributed by atoms with E-state index in [1.165, 1.54) is 0 Å². The zero-order chi connectivity index (χ0) is 13.4. The number of benzene rings is 1. The van der Waals surface area contributed by atoms with Crippen LogP contribution in [0.2, 0.25) is 0 Å². The van der Waals surface area contributed by atoms with Gasteiger partial charge in [0, 0.05) is 19.7 Å². The van der Waals surface area contributed by atoms with E-state index in [4.69, 9.17) is 4.74 Å². The normalized spacial score (nSPS) is 11.4. The summed E-state index contributed by atoms with van der Waals surface area (Å²) in [5, 5.41) is 3.07. The average Bonchev–Trinajstić information content (AvgIpc) is 2.35. The molecule has 0 aliphatic heterocycles. The molecule has 2 N–H and O–H groups in total. The van der Waals surface area contributed by atoms with Crippen LogP contribution in [0.25, 0.3) is 0 Å². The largest absolute Gasteiger partial charge is 0.382 e. The molecule has 0 bridgehead atoms. The number of nitrogens with one attached hydrogen (secondary N) is 2. The number of hydrogen-bond acceptors (Lipinski definition) is 4. The molecule has 5 nitrogen and oxygen atoms in total. The predicted molar refractivity (Wildman–Crippen MR) is 72.3 cm³/mol. The molecule has 0 atom stereocenters. The minimum Gasteiger partial charge on any atom is -0.382 e. The van der Waals surface area contributed by atoms with E-state index in [2.05, 4.69) is 10.0 Å². The van der Waals surface area contributed by atoms with Gasteiger partial charge < -0.3 is 10.1 Å². The summed E-state index contributed by atoms with van der Waals surface area (Å²) in [7, 11) is -3.44. The van der Waals surface area contributed by atoms with E-state index in [9.17, 15) is 8.42 Å². The van der Waals surface area contributed by atoms with Gasteiger partial charge in [0.1, 0.15) is 4.90 Å². The summed E-state index contributed by atoms with van der Waals surface area (Å²) in [6.45, 7) is 5.82. The molecule has 102 valence electrons. The SMILES string of the molecule is CCNS(=O)(=O)c1ccccc1NCCOCC. The molecule has 6 heteroatoms. The number of anilines is 1. The Morgan fingerprint density at radius 1 is 1.22 bits per heavy atom. The lowest BCUT2D eigenvalue weighted by molar-refractivity contribution is 0.158. The van der Waals surface area contributed by atoms with E-state index < -0.39 is 10.0 Å². The van der Waals surface area contributed by atoms with Gasteiger partial charge in [0.2, 0.25) is 10.0 Å². The van der Waals surface area contributed by atoms with Crippen LogP contribution in [0.3, 0.4) is 0 Å². The molecule has 0 amide bonds. The zero-order valence-electron chi connectivity index (χ0n) is 10.8. The highest BCUT2D eigenvalue weighted by Crippen LogP contribution is 2.20. The second-order valence-corrected chi connectivity index (χ2v) is 5.36. The van der Waals surface area contributed by atoms with Crippen LogP contribution < -0.4 is 10.0 Å². The van der Waals surface area contributed by atoms with Gasteiger partial charge in [-0.25, -0.2) is 13.1 Å². The number of sulfonamides is 1. The summed E-state index contributed by atoms with van der Waals surface area (Å²) in [6, 6.07) is 6.84. The minimum atomic E-state index is -3.44. The molecule has 0 spiro atoms. The van der Waals surface area contributed by atoms with Crippen molar-refractivity contribution in [3.05, 3.63) is 24.3 Å². The maximum Gasteiger partial charge on any atom is 0.242 e. The number of ether oxygens (including phenoxy) is 1. The maximum atomic E-state index is 12.0. The Balaban J connectivity index is 2.80. The van der Waals surface area contributed by atoms with Crippen molar-refractivity contribution in [2.45, 2.75) is 18.7 Å². The van der Waals surface area contributed by atoms with Gasteiger partial charge in [0.05, 0.1) is 12.3 Å². The molecule has 0 unspecified atom stereocenters. The highest BCUT2D eigenvalue weighted by Gasteiger charge is 2.16. The summed E-state index contributed by atoms with van der Waals surface area (Å²) in [5.74, 6) is 0. The molecule has 0 heterocycles. The molecule has 0 fully saturated rings. The lowest BCUT2D eigenvalue weighted by atomic mass is 10.3. The minimum absolute atomic E-state index is 0.267. The maximum absolute atomic E-state index is 12.0. The van der Waals surface area contributed by atoms with Crippen LogP contribution in [0.5, 0.6) is 0 Å². The standard InChI is InChI=1S/C12H20N2O3S/c1-3-14-18(15,16)12-8-6-5-7-11(12)13-9-10-17-4-2/h5-8,13-14H,3-4,9-10H2,1-2H3. The molecule has 0 saturated heterocycles. The summed E-state index contributed by atoms with van der Waals surface area (Å²) < 4.78 is 31.6. The van der Waals surface area contributed by atoms with Crippen molar-refractivity contribution < 1.29 is 13.2 Å². The van der Waals surface area contributed by atoms with Crippen LogP contribution in [0.15, 0.2) is 29.2 Å². The van der Waals surface area contributed by atoms with Crippen molar-refractivity contribution in [1.29, 1.82) is 0 Å². The number of rotatable bonds is 8. The fourth-order valence-corrected chi connectivity index (χ4v) is 2.74. The molecular weight excluding hydrogens is 252 g/mol. The van der Waals surface area contributed by atoms with E-state index in [-0.39, 0.29) is 4.90 Å². The molecular formula is C12H20N2O3S. The van der Waals surface area contributed by atoms with E-state index >= 15 is 0 Å². The molecule has 0 aromatic heterocycles. The van der Waals surface area contributed by atoms with Gasteiger partial charge in [0.25, 0.3) is 0 Å². The first-order valence-electron chi connectivity index (χ1n) is 6.02. The van der Waals surface area contributed by atoms with Crippen molar-refractivity contribution in [2.75, 3.05) is 31.6 Å². The van der Waals surface area contributed by atoms with Gasteiger partial charge in [-0.2, -0.15) is 0 Å². The Hall–Kier alpha value is -1.11. The lowest BCUT2D eigenvalue weighted by Gasteiger charge is -2.12. The van der Waals surface area contributed by atoms with Gasteiger partial charge in [-0.05, 0) is 19.1 Å². The molecule has 0 saturated carbocycles.